The molecule has 1 heterocycles. The first-order valence-corrected chi connectivity index (χ1v) is 7.81. The van der Waals surface area contributed by atoms with E-state index in [-0.39, 0.29) is 16.8 Å². The van der Waals surface area contributed by atoms with Gasteiger partial charge < -0.3 is 9.80 Å². The fourth-order valence-corrected chi connectivity index (χ4v) is 2.75. The molecular weight excluding hydrogens is 311 g/mol. The number of halogens is 2. The van der Waals surface area contributed by atoms with Crippen LogP contribution in [-0.4, -0.2) is 47.8 Å². The van der Waals surface area contributed by atoms with E-state index in [1.807, 2.05) is 11.8 Å². The van der Waals surface area contributed by atoms with Gasteiger partial charge in [-0.2, -0.15) is 0 Å². The van der Waals surface area contributed by atoms with Crippen molar-refractivity contribution in [2.24, 2.45) is 0 Å². The highest BCUT2D eigenvalue weighted by Gasteiger charge is 2.25. The van der Waals surface area contributed by atoms with Crippen LogP contribution in [0.1, 0.15) is 30.1 Å². The lowest BCUT2D eigenvalue weighted by Gasteiger charge is -2.35. The van der Waals surface area contributed by atoms with Gasteiger partial charge in [-0.05, 0) is 18.6 Å². The first-order valence-electron chi connectivity index (χ1n) is 7.05. The molecule has 2 rings (SSSR count). The Morgan fingerprint density at radius 3 is 2.33 bits per heavy atom. The van der Waals surface area contributed by atoms with Gasteiger partial charge in [0.15, 0.2) is 0 Å². The summed E-state index contributed by atoms with van der Waals surface area (Å²) in [6, 6.07) is 5.04. The van der Waals surface area contributed by atoms with Crippen LogP contribution in [0.2, 0.25) is 10.0 Å². The van der Waals surface area contributed by atoms with E-state index in [9.17, 15) is 9.59 Å². The molecule has 4 nitrogen and oxygen atoms in total. The van der Waals surface area contributed by atoms with E-state index in [4.69, 9.17) is 23.2 Å². The zero-order chi connectivity index (χ0) is 15.4. The van der Waals surface area contributed by atoms with Crippen molar-refractivity contribution in [1.82, 2.24) is 9.80 Å². The lowest BCUT2D eigenvalue weighted by Crippen LogP contribution is -2.50. The summed E-state index contributed by atoms with van der Waals surface area (Å²) in [5.41, 5.74) is 0.414. The van der Waals surface area contributed by atoms with Crippen molar-refractivity contribution in [1.29, 1.82) is 0 Å². The van der Waals surface area contributed by atoms with Crippen molar-refractivity contribution in [3.8, 4) is 0 Å². The molecule has 0 aromatic heterocycles. The number of piperazine rings is 1. The van der Waals surface area contributed by atoms with Gasteiger partial charge in [0.1, 0.15) is 0 Å². The number of hydrogen-bond donors (Lipinski definition) is 0. The Morgan fingerprint density at radius 2 is 1.71 bits per heavy atom. The minimum Gasteiger partial charge on any atom is -0.339 e. The molecule has 0 bridgehead atoms. The van der Waals surface area contributed by atoms with E-state index in [1.54, 1.807) is 23.1 Å². The van der Waals surface area contributed by atoms with Crippen molar-refractivity contribution < 1.29 is 9.59 Å². The van der Waals surface area contributed by atoms with Gasteiger partial charge in [-0.3, -0.25) is 9.59 Å². The summed E-state index contributed by atoms with van der Waals surface area (Å²) < 4.78 is 0. The van der Waals surface area contributed by atoms with Crippen LogP contribution in [0.4, 0.5) is 0 Å². The Bertz CT molecular complexity index is 540. The van der Waals surface area contributed by atoms with Crippen molar-refractivity contribution in [2.75, 3.05) is 26.2 Å². The molecule has 1 aliphatic heterocycles. The third kappa shape index (κ3) is 3.69. The molecule has 0 radical (unpaired) electrons. The first kappa shape index (κ1) is 16.1. The van der Waals surface area contributed by atoms with Crippen LogP contribution >= 0.6 is 23.2 Å². The van der Waals surface area contributed by atoms with Crippen LogP contribution in [0.3, 0.4) is 0 Å². The minimum atomic E-state index is -0.134. The van der Waals surface area contributed by atoms with E-state index < -0.39 is 0 Å². The van der Waals surface area contributed by atoms with E-state index in [2.05, 4.69) is 0 Å². The maximum atomic E-state index is 12.5. The van der Waals surface area contributed by atoms with Crippen LogP contribution in [0, 0.1) is 0 Å². The molecule has 0 saturated carbocycles. The van der Waals surface area contributed by atoms with Crippen molar-refractivity contribution >= 4 is 35.0 Å². The quantitative estimate of drug-likeness (QED) is 0.855. The molecule has 1 aromatic carbocycles. The third-order valence-corrected chi connectivity index (χ3v) is 4.38. The summed E-state index contributed by atoms with van der Waals surface area (Å²) in [7, 11) is 0. The summed E-state index contributed by atoms with van der Waals surface area (Å²) in [6.45, 7) is 4.18. The van der Waals surface area contributed by atoms with Gasteiger partial charge in [0.2, 0.25) is 5.91 Å². The fraction of sp³-hybridized carbons (Fsp3) is 0.467. The monoisotopic (exact) mass is 328 g/mol. The molecule has 1 aromatic rings. The molecular formula is C15H18Cl2N2O2. The summed E-state index contributed by atoms with van der Waals surface area (Å²) in [5, 5.41) is 0.660. The smallest absolute Gasteiger partial charge is 0.255 e. The average molecular weight is 329 g/mol. The zero-order valence-electron chi connectivity index (χ0n) is 11.9. The lowest BCUT2D eigenvalue weighted by molar-refractivity contribution is -0.132. The van der Waals surface area contributed by atoms with Crippen molar-refractivity contribution in [3.05, 3.63) is 33.8 Å². The lowest BCUT2D eigenvalue weighted by atomic mass is 10.1. The maximum absolute atomic E-state index is 12.5. The number of nitrogens with zero attached hydrogens (tertiary/aromatic N) is 2. The highest BCUT2D eigenvalue weighted by molar-refractivity contribution is 6.43. The predicted molar refractivity (Wildman–Crippen MR) is 83.9 cm³/mol. The molecule has 0 unspecified atom stereocenters. The molecule has 0 N–H and O–H groups in total. The molecule has 0 atom stereocenters. The highest BCUT2D eigenvalue weighted by Crippen LogP contribution is 2.26. The SMILES string of the molecule is CCCC(=O)N1CCN(C(=O)c2cccc(Cl)c2Cl)CC1. The predicted octanol–water partition coefficient (Wildman–Crippen LogP) is 3.08. The van der Waals surface area contributed by atoms with E-state index in [1.165, 1.54) is 0 Å². The standard InChI is InChI=1S/C15H18Cl2N2O2/c1-2-4-13(20)18-7-9-19(10-8-18)15(21)11-5-3-6-12(16)14(11)17/h3,5-6H,2,4,7-10H2,1H3. The van der Waals surface area contributed by atoms with Crippen LogP contribution in [0.5, 0.6) is 0 Å². The summed E-state index contributed by atoms with van der Waals surface area (Å²) in [4.78, 5) is 27.8. The van der Waals surface area contributed by atoms with Crippen LogP contribution in [0.15, 0.2) is 18.2 Å². The summed E-state index contributed by atoms with van der Waals surface area (Å²) >= 11 is 12.0. The van der Waals surface area contributed by atoms with E-state index >= 15 is 0 Å². The molecule has 21 heavy (non-hydrogen) atoms. The Balaban J connectivity index is 2.00. The molecule has 6 heteroatoms. The normalized spacial score (nSPS) is 15.2. The zero-order valence-corrected chi connectivity index (χ0v) is 13.5. The van der Waals surface area contributed by atoms with Crippen LogP contribution < -0.4 is 0 Å². The van der Waals surface area contributed by atoms with Gasteiger partial charge in [-0.1, -0.05) is 36.2 Å². The van der Waals surface area contributed by atoms with Gasteiger partial charge in [0, 0.05) is 32.6 Å². The number of hydrogen-bond acceptors (Lipinski definition) is 2. The topological polar surface area (TPSA) is 40.6 Å². The Labute approximate surface area is 134 Å². The Hall–Kier alpha value is -1.26. The summed E-state index contributed by atoms with van der Waals surface area (Å²) in [6.07, 6.45) is 1.41. The number of rotatable bonds is 3. The number of benzene rings is 1. The second kappa shape index (κ2) is 7.14. The van der Waals surface area contributed by atoms with Crippen molar-refractivity contribution in [3.63, 3.8) is 0 Å². The number of carbonyl (C=O) groups is 2. The van der Waals surface area contributed by atoms with Crippen LogP contribution in [0.25, 0.3) is 0 Å². The minimum absolute atomic E-state index is 0.134. The van der Waals surface area contributed by atoms with Gasteiger partial charge in [-0.15, -0.1) is 0 Å². The Kier molecular flexibility index (Phi) is 5.48. The van der Waals surface area contributed by atoms with E-state index in [0.29, 0.717) is 43.2 Å². The first-order chi connectivity index (χ1) is 10.0. The Morgan fingerprint density at radius 1 is 1.10 bits per heavy atom. The van der Waals surface area contributed by atoms with Gasteiger partial charge in [-0.25, -0.2) is 0 Å². The molecule has 2 amide bonds. The molecule has 1 aliphatic rings. The third-order valence-electron chi connectivity index (χ3n) is 3.57. The van der Waals surface area contributed by atoms with Gasteiger partial charge >= 0.3 is 0 Å². The highest BCUT2D eigenvalue weighted by atomic mass is 35.5. The maximum Gasteiger partial charge on any atom is 0.255 e. The molecule has 0 spiro atoms. The molecule has 1 fully saturated rings. The van der Waals surface area contributed by atoms with Crippen LogP contribution in [-0.2, 0) is 4.79 Å². The van der Waals surface area contributed by atoms with Gasteiger partial charge in [0.25, 0.3) is 5.91 Å². The second-order valence-electron chi connectivity index (χ2n) is 5.02. The van der Waals surface area contributed by atoms with E-state index in [0.717, 1.165) is 6.42 Å². The molecule has 114 valence electrons. The number of amides is 2. The molecule has 0 aliphatic carbocycles. The number of carbonyl (C=O) groups excluding carboxylic acids is 2. The largest absolute Gasteiger partial charge is 0.339 e. The van der Waals surface area contributed by atoms with Gasteiger partial charge in [0.05, 0.1) is 15.6 Å². The van der Waals surface area contributed by atoms with Crippen molar-refractivity contribution in [2.45, 2.75) is 19.8 Å². The molecule has 1 saturated heterocycles. The second-order valence-corrected chi connectivity index (χ2v) is 5.81. The fourth-order valence-electron chi connectivity index (χ4n) is 2.37. The summed E-state index contributed by atoms with van der Waals surface area (Å²) in [5.74, 6) is 0.0236. The average Bonchev–Trinajstić information content (AvgIpc) is 2.50.